The zero-order valence-electron chi connectivity index (χ0n) is 21.8. The van der Waals surface area contributed by atoms with Gasteiger partial charge >= 0.3 is 6.03 Å². The van der Waals surface area contributed by atoms with Gasteiger partial charge in [0, 0.05) is 50.8 Å². The van der Waals surface area contributed by atoms with Crippen molar-refractivity contribution in [2.45, 2.75) is 65.1 Å². The van der Waals surface area contributed by atoms with E-state index in [0.717, 1.165) is 19.3 Å². The van der Waals surface area contributed by atoms with Crippen LogP contribution < -0.4 is 15.4 Å². The highest BCUT2D eigenvalue weighted by atomic mass is 16.5. The number of carbonyl (C=O) groups excluding carboxylic acids is 3. The third kappa shape index (κ3) is 6.66. The summed E-state index contributed by atoms with van der Waals surface area (Å²) in [6, 6.07) is 4.50. The van der Waals surface area contributed by atoms with E-state index in [1.165, 1.54) is 0 Å². The molecule has 0 spiro atoms. The molecule has 1 saturated carbocycles. The molecule has 194 valence electrons. The third-order valence-electron chi connectivity index (χ3n) is 6.86. The van der Waals surface area contributed by atoms with Gasteiger partial charge in [-0.25, -0.2) is 4.79 Å². The monoisotopic (exact) mass is 488 g/mol. The molecule has 3 atom stereocenters. The zero-order valence-corrected chi connectivity index (χ0v) is 21.8. The van der Waals surface area contributed by atoms with Crippen molar-refractivity contribution in [2.24, 2.45) is 11.8 Å². The first kappa shape index (κ1) is 26.8. The van der Waals surface area contributed by atoms with Gasteiger partial charge in [0.05, 0.1) is 17.7 Å². The Bertz CT molecular complexity index is 917. The molecular formula is C26H40N4O5. The Labute approximate surface area is 208 Å². The Kier molecular flexibility index (Phi) is 8.99. The van der Waals surface area contributed by atoms with Crippen LogP contribution in [0.15, 0.2) is 18.2 Å². The molecule has 0 saturated heterocycles. The van der Waals surface area contributed by atoms with Crippen molar-refractivity contribution in [2.75, 3.05) is 39.2 Å². The van der Waals surface area contributed by atoms with Crippen LogP contribution in [0.2, 0.25) is 0 Å². The first-order chi connectivity index (χ1) is 16.6. The van der Waals surface area contributed by atoms with Crippen molar-refractivity contribution in [3.63, 3.8) is 0 Å². The average Bonchev–Trinajstić information content (AvgIpc) is 2.76. The summed E-state index contributed by atoms with van der Waals surface area (Å²) in [5, 5.41) is 5.55. The maximum Gasteiger partial charge on any atom is 0.319 e. The van der Waals surface area contributed by atoms with Gasteiger partial charge < -0.3 is 29.9 Å². The Morgan fingerprint density at radius 1 is 1.17 bits per heavy atom. The van der Waals surface area contributed by atoms with Gasteiger partial charge in [0.25, 0.3) is 5.91 Å². The van der Waals surface area contributed by atoms with Crippen LogP contribution in [0.4, 0.5) is 10.5 Å². The lowest BCUT2D eigenvalue weighted by Gasteiger charge is -2.39. The number of benzene rings is 1. The quantitative estimate of drug-likeness (QED) is 0.677. The molecule has 1 aromatic carbocycles. The van der Waals surface area contributed by atoms with Crippen molar-refractivity contribution in [3.05, 3.63) is 23.8 Å². The van der Waals surface area contributed by atoms with E-state index in [-0.39, 0.29) is 54.5 Å². The topological polar surface area (TPSA) is 100 Å². The van der Waals surface area contributed by atoms with E-state index in [1.54, 1.807) is 37.3 Å². The molecule has 1 aromatic rings. The second-order valence-corrected chi connectivity index (χ2v) is 10.2. The molecule has 4 amide bonds. The molecule has 0 aromatic heterocycles. The van der Waals surface area contributed by atoms with Gasteiger partial charge in [-0.2, -0.15) is 0 Å². The van der Waals surface area contributed by atoms with E-state index in [2.05, 4.69) is 17.6 Å². The van der Waals surface area contributed by atoms with Gasteiger partial charge in [-0.3, -0.25) is 9.59 Å². The molecule has 9 nitrogen and oxygen atoms in total. The van der Waals surface area contributed by atoms with Crippen molar-refractivity contribution >= 4 is 23.5 Å². The highest BCUT2D eigenvalue weighted by Gasteiger charge is 2.35. The van der Waals surface area contributed by atoms with Gasteiger partial charge in [0.15, 0.2) is 0 Å². The van der Waals surface area contributed by atoms with Crippen molar-refractivity contribution < 1.29 is 23.9 Å². The molecule has 1 fully saturated rings. The van der Waals surface area contributed by atoms with Gasteiger partial charge in [0.2, 0.25) is 5.91 Å². The van der Waals surface area contributed by atoms with E-state index in [1.807, 2.05) is 25.7 Å². The van der Waals surface area contributed by atoms with Gasteiger partial charge in [0.1, 0.15) is 12.4 Å². The molecule has 2 N–H and O–H groups in total. The lowest BCUT2D eigenvalue weighted by molar-refractivity contribution is -0.142. The highest BCUT2D eigenvalue weighted by molar-refractivity contribution is 5.99. The fraction of sp³-hybridized carbons (Fsp3) is 0.654. The molecule has 9 heteroatoms. The van der Waals surface area contributed by atoms with Gasteiger partial charge in [-0.1, -0.05) is 13.3 Å². The molecule has 2 aliphatic rings. The summed E-state index contributed by atoms with van der Waals surface area (Å²) in [5.41, 5.74) is 0.841. The highest BCUT2D eigenvalue weighted by Crippen LogP contribution is 2.31. The summed E-state index contributed by atoms with van der Waals surface area (Å²) >= 11 is 0. The van der Waals surface area contributed by atoms with E-state index >= 15 is 0 Å². The van der Waals surface area contributed by atoms with Crippen LogP contribution in [0.1, 0.15) is 57.3 Å². The lowest BCUT2D eigenvalue weighted by atomic mass is 9.83. The van der Waals surface area contributed by atoms with Crippen LogP contribution in [-0.2, 0) is 9.53 Å². The van der Waals surface area contributed by atoms with E-state index < -0.39 is 0 Å². The van der Waals surface area contributed by atoms with Crippen LogP contribution in [0, 0.1) is 11.8 Å². The number of ether oxygens (including phenoxy) is 2. The number of amides is 4. The van der Waals surface area contributed by atoms with Gasteiger partial charge in [-0.15, -0.1) is 0 Å². The fourth-order valence-electron chi connectivity index (χ4n) is 4.48. The standard InChI is InChI=1S/C26H40N4O5/c1-16(2)27-26(33)28-20-10-11-22-21(12-20)25(32)29(5)14-23(34-6)17(3)13-30(18(4)15-35-22)24(31)19-8-7-9-19/h10-12,16-19,23H,7-9,13-15H2,1-6H3,(H2,27,28,33)/t17-,18-,23-/m0/s1. The number of hydrogen-bond donors (Lipinski definition) is 2. The van der Waals surface area contributed by atoms with Gasteiger partial charge in [-0.05, 0) is 51.8 Å². The predicted molar refractivity (Wildman–Crippen MR) is 135 cm³/mol. The van der Waals surface area contributed by atoms with Crippen LogP contribution >= 0.6 is 0 Å². The summed E-state index contributed by atoms with van der Waals surface area (Å²) < 4.78 is 11.9. The number of hydrogen-bond acceptors (Lipinski definition) is 5. The second kappa shape index (κ2) is 11.7. The molecule has 1 aliphatic heterocycles. The van der Waals surface area contributed by atoms with Crippen LogP contribution in [0.5, 0.6) is 5.75 Å². The van der Waals surface area contributed by atoms with Crippen LogP contribution in [0.3, 0.4) is 0 Å². The number of urea groups is 1. The largest absolute Gasteiger partial charge is 0.491 e. The van der Waals surface area contributed by atoms with Crippen LogP contribution in [0.25, 0.3) is 0 Å². The lowest BCUT2D eigenvalue weighted by Crippen LogP contribution is -2.51. The van der Waals surface area contributed by atoms with Crippen LogP contribution in [-0.4, -0.2) is 79.7 Å². The molecule has 35 heavy (non-hydrogen) atoms. The molecule has 1 heterocycles. The number of rotatable bonds is 4. The minimum atomic E-state index is -0.345. The summed E-state index contributed by atoms with van der Waals surface area (Å²) in [4.78, 5) is 42.4. The number of nitrogens with one attached hydrogen (secondary N) is 2. The second-order valence-electron chi connectivity index (χ2n) is 10.2. The van der Waals surface area contributed by atoms with Crippen molar-refractivity contribution in [1.29, 1.82) is 0 Å². The van der Waals surface area contributed by atoms with E-state index in [4.69, 9.17) is 9.47 Å². The summed E-state index contributed by atoms with van der Waals surface area (Å²) in [6.45, 7) is 8.94. The summed E-state index contributed by atoms with van der Waals surface area (Å²) in [7, 11) is 3.36. The minimum Gasteiger partial charge on any atom is -0.491 e. The fourth-order valence-corrected chi connectivity index (χ4v) is 4.48. The zero-order chi connectivity index (χ0) is 25.7. The number of anilines is 1. The number of likely N-dealkylation sites (N-methyl/N-ethyl adjacent to an activating group) is 1. The smallest absolute Gasteiger partial charge is 0.319 e. The number of fused-ring (bicyclic) bond motifs is 1. The van der Waals surface area contributed by atoms with Crippen molar-refractivity contribution in [1.82, 2.24) is 15.1 Å². The molecule has 0 unspecified atom stereocenters. The summed E-state index contributed by atoms with van der Waals surface area (Å²) in [6.07, 6.45) is 2.72. The molecule has 0 radical (unpaired) electrons. The first-order valence-corrected chi connectivity index (χ1v) is 12.5. The average molecular weight is 489 g/mol. The maximum atomic E-state index is 13.4. The normalized spacial score (nSPS) is 24.0. The molecule has 0 bridgehead atoms. The Morgan fingerprint density at radius 2 is 1.89 bits per heavy atom. The van der Waals surface area contributed by atoms with E-state index in [9.17, 15) is 14.4 Å². The maximum absolute atomic E-state index is 13.4. The molecule has 3 rings (SSSR count). The number of carbonyl (C=O) groups is 3. The Balaban J connectivity index is 1.91. The molecular weight excluding hydrogens is 448 g/mol. The number of methoxy groups -OCH3 is 1. The Morgan fingerprint density at radius 3 is 2.49 bits per heavy atom. The first-order valence-electron chi connectivity index (χ1n) is 12.5. The molecule has 1 aliphatic carbocycles. The third-order valence-corrected chi connectivity index (χ3v) is 6.86. The van der Waals surface area contributed by atoms with E-state index in [0.29, 0.717) is 30.1 Å². The summed E-state index contributed by atoms with van der Waals surface area (Å²) in [5.74, 6) is 0.473. The number of nitrogens with zero attached hydrogens (tertiary/aromatic N) is 2. The predicted octanol–water partition coefficient (Wildman–Crippen LogP) is 3.35. The Hall–Kier alpha value is -2.81. The minimum absolute atomic E-state index is 0.0181. The van der Waals surface area contributed by atoms with Crippen molar-refractivity contribution in [3.8, 4) is 5.75 Å². The SMILES string of the molecule is CO[C@H]1CN(C)C(=O)c2cc(NC(=O)NC(C)C)ccc2OC[C@H](C)N(C(=O)C2CCC2)C[C@@H]1C.